The molecule has 1 unspecified atom stereocenters. The van der Waals surface area contributed by atoms with Crippen molar-refractivity contribution in [1.82, 2.24) is 9.88 Å². The van der Waals surface area contributed by atoms with Gasteiger partial charge in [-0.2, -0.15) is 0 Å². The van der Waals surface area contributed by atoms with Crippen LogP contribution in [0.2, 0.25) is 10.0 Å². The Labute approximate surface area is 176 Å². The minimum atomic E-state index is -0.389. The molecule has 9 heteroatoms. The van der Waals surface area contributed by atoms with Crippen molar-refractivity contribution in [2.24, 2.45) is 0 Å². The predicted molar refractivity (Wildman–Crippen MR) is 110 cm³/mol. The van der Waals surface area contributed by atoms with Crippen LogP contribution in [0.5, 0.6) is 0 Å². The van der Waals surface area contributed by atoms with E-state index in [-0.39, 0.29) is 30.0 Å². The first-order valence-electron chi connectivity index (χ1n) is 8.35. The summed E-state index contributed by atoms with van der Waals surface area (Å²) >= 11 is 13.4. The molecule has 0 fully saturated rings. The molecule has 0 saturated heterocycles. The zero-order valence-electron chi connectivity index (χ0n) is 15.1. The average molecular weight is 438 g/mol. The van der Waals surface area contributed by atoms with Gasteiger partial charge in [-0.1, -0.05) is 29.3 Å². The lowest BCUT2D eigenvalue weighted by Gasteiger charge is -2.26. The van der Waals surface area contributed by atoms with E-state index in [9.17, 15) is 9.59 Å². The van der Waals surface area contributed by atoms with Crippen molar-refractivity contribution in [1.29, 1.82) is 0 Å². The van der Waals surface area contributed by atoms with Crippen LogP contribution < -0.4 is 5.32 Å². The quantitative estimate of drug-likeness (QED) is 0.584. The molecule has 6 nitrogen and oxygen atoms in total. The van der Waals surface area contributed by atoms with Gasteiger partial charge in [-0.15, -0.1) is 11.3 Å². The fourth-order valence-corrected chi connectivity index (χ4v) is 3.83. The van der Waals surface area contributed by atoms with Gasteiger partial charge < -0.3 is 9.32 Å². The largest absolute Gasteiger partial charge is 0.459 e. The molecular weight excluding hydrogens is 421 g/mol. The first kappa shape index (κ1) is 20.4. The first-order valence-corrected chi connectivity index (χ1v) is 9.98. The molecule has 3 aromatic rings. The summed E-state index contributed by atoms with van der Waals surface area (Å²) in [5, 5.41) is 5.84. The number of furan rings is 1. The Morgan fingerprint density at radius 2 is 2.11 bits per heavy atom. The molecule has 0 aliphatic heterocycles. The lowest BCUT2D eigenvalue weighted by Crippen LogP contribution is -2.31. The van der Waals surface area contributed by atoms with Crippen molar-refractivity contribution in [2.75, 3.05) is 12.4 Å². The monoisotopic (exact) mass is 437 g/mol. The number of hydrogen-bond donors (Lipinski definition) is 1. The maximum atomic E-state index is 12.6. The second kappa shape index (κ2) is 8.77. The fraction of sp³-hybridized carbons (Fsp3) is 0.211. The van der Waals surface area contributed by atoms with Gasteiger partial charge in [0.05, 0.1) is 24.4 Å². The summed E-state index contributed by atoms with van der Waals surface area (Å²) in [5.41, 5.74) is 1.39. The van der Waals surface area contributed by atoms with Crippen molar-refractivity contribution in [2.45, 2.75) is 19.4 Å². The second-order valence-corrected chi connectivity index (χ2v) is 7.80. The van der Waals surface area contributed by atoms with Crippen molar-refractivity contribution >= 4 is 51.5 Å². The Hall–Kier alpha value is -2.35. The van der Waals surface area contributed by atoms with Gasteiger partial charge >= 0.3 is 0 Å². The molecule has 1 atom stereocenters. The molecule has 0 spiro atoms. The highest BCUT2D eigenvalue weighted by molar-refractivity contribution is 7.14. The maximum Gasteiger partial charge on any atom is 0.293 e. The first-order chi connectivity index (χ1) is 13.3. The maximum absolute atomic E-state index is 12.6. The number of anilines is 1. The van der Waals surface area contributed by atoms with Crippen LogP contribution in [0.4, 0.5) is 5.13 Å². The average Bonchev–Trinajstić information content (AvgIpc) is 3.32. The summed E-state index contributed by atoms with van der Waals surface area (Å²) in [6, 6.07) is 8.17. The highest BCUT2D eigenvalue weighted by atomic mass is 35.5. The minimum Gasteiger partial charge on any atom is -0.459 e. The van der Waals surface area contributed by atoms with E-state index >= 15 is 0 Å². The number of carbonyl (C=O) groups is 2. The van der Waals surface area contributed by atoms with E-state index in [1.54, 1.807) is 41.6 Å². The lowest BCUT2D eigenvalue weighted by molar-refractivity contribution is -0.131. The summed E-state index contributed by atoms with van der Waals surface area (Å²) < 4.78 is 5.04. The minimum absolute atomic E-state index is 0.110. The second-order valence-electron chi connectivity index (χ2n) is 6.10. The Kier molecular flexibility index (Phi) is 6.39. The number of likely N-dealkylation sites (N-methyl/N-ethyl adjacent to an activating group) is 1. The van der Waals surface area contributed by atoms with Gasteiger partial charge in [-0.05, 0) is 36.8 Å². The Morgan fingerprint density at radius 3 is 2.79 bits per heavy atom. The third-order valence-corrected chi connectivity index (χ3v) is 5.61. The zero-order valence-corrected chi connectivity index (χ0v) is 17.4. The third kappa shape index (κ3) is 4.73. The summed E-state index contributed by atoms with van der Waals surface area (Å²) in [6.45, 7) is 1.89. The molecule has 2 aromatic heterocycles. The van der Waals surface area contributed by atoms with E-state index in [0.717, 1.165) is 5.56 Å². The lowest BCUT2D eigenvalue weighted by atomic mass is 10.1. The SMILES string of the molecule is CC(c1ccc(Cl)cc1Cl)N(C)C(=O)Cc1csc(NC(=O)c2ccco2)n1. The Bertz CT molecular complexity index is 988. The van der Waals surface area contributed by atoms with Gasteiger partial charge in [0.15, 0.2) is 10.9 Å². The smallest absolute Gasteiger partial charge is 0.293 e. The highest BCUT2D eigenvalue weighted by Gasteiger charge is 2.21. The van der Waals surface area contributed by atoms with E-state index < -0.39 is 0 Å². The number of nitrogens with zero attached hydrogens (tertiary/aromatic N) is 2. The molecule has 28 heavy (non-hydrogen) atoms. The van der Waals surface area contributed by atoms with Gasteiger partial charge in [0.2, 0.25) is 5.91 Å². The molecular formula is C19H17Cl2N3O3S. The summed E-state index contributed by atoms with van der Waals surface area (Å²) in [6.07, 6.45) is 1.53. The van der Waals surface area contributed by atoms with Crippen LogP contribution in [0, 0.1) is 0 Å². The molecule has 2 heterocycles. The van der Waals surface area contributed by atoms with Gasteiger partial charge in [-0.25, -0.2) is 4.98 Å². The normalized spacial score (nSPS) is 11.9. The standard InChI is InChI=1S/C19H17Cl2N3O3S/c1-11(14-6-5-12(20)8-15(14)21)24(2)17(25)9-13-10-28-19(22-13)23-18(26)16-4-3-7-27-16/h3-8,10-11H,9H2,1-2H3,(H,22,23,26). The zero-order chi connectivity index (χ0) is 20.3. The van der Waals surface area contributed by atoms with Crippen molar-refractivity contribution in [3.05, 3.63) is 69.0 Å². The van der Waals surface area contributed by atoms with Crippen LogP contribution in [0.3, 0.4) is 0 Å². The molecule has 0 saturated carbocycles. The number of benzene rings is 1. The number of amides is 2. The van der Waals surface area contributed by atoms with Crippen molar-refractivity contribution in [3.8, 4) is 0 Å². The van der Waals surface area contributed by atoms with E-state index in [1.165, 1.54) is 17.6 Å². The molecule has 0 aliphatic rings. The molecule has 1 aromatic carbocycles. The van der Waals surface area contributed by atoms with Crippen molar-refractivity contribution in [3.63, 3.8) is 0 Å². The molecule has 146 valence electrons. The number of nitrogens with one attached hydrogen (secondary N) is 1. The molecule has 1 N–H and O–H groups in total. The number of hydrogen-bond acceptors (Lipinski definition) is 5. The Morgan fingerprint density at radius 1 is 1.32 bits per heavy atom. The third-order valence-electron chi connectivity index (χ3n) is 4.24. The van der Waals surface area contributed by atoms with Gasteiger partial charge in [-0.3, -0.25) is 14.9 Å². The van der Waals surface area contributed by atoms with E-state index in [1.807, 2.05) is 13.0 Å². The Balaban J connectivity index is 1.62. The van der Waals surface area contributed by atoms with Crippen LogP contribution >= 0.6 is 34.5 Å². The predicted octanol–water partition coefficient (Wildman–Crippen LogP) is 5.06. The fourth-order valence-electron chi connectivity index (χ4n) is 2.56. The topological polar surface area (TPSA) is 75.4 Å². The number of halogens is 2. The van der Waals surface area contributed by atoms with Crippen LogP contribution in [-0.2, 0) is 11.2 Å². The molecule has 0 bridgehead atoms. The highest BCUT2D eigenvalue weighted by Crippen LogP contribution is 2.29. The van der Waals surface area contributed by atoms with Crippen molar-refractivity contribution < 1.29 is 14.0 Å². The van der Waals surface area contributed by atoms with Gasteiger partial charge in [0, 0.05) is 22.5 Å². The molecule has 0 aliphatic carbocycles. The number of carbonyl (C=O) groups excluding carboxylic acids is 2. The van der Waals surface area contributed by atoms with Crippen LogP contribution in [0.25, 0.3) is 0 Å². The summed E-state index contributed by atoms with van der Waals surface area (Å²) in [7, 11) is 1.71. The molecule has 0 radical (unpaired) electrons. The number of thiazole rings is 1. The number of rotatable bonds is 6. The summed E-state index contributed by atoms with van der Waals surface area (Å²) in [4.78, 5) is 30.5. The van der Waals surface area contributed by atoms with Crippen LogP contribution in [-0.4, -0.2) is 28.7 Å². The van der Waals surface area contributed by atoms with E-state index in [4.69, 9.17) is 27.6 Å². The van der Waals surface area contributed by atoms with E-state index in [2.05, 4.69) is 10.3 Å². The van der Waals surface area contributed by atoms with Crippen LogP contribution in [0.15, 0.2) is 46.4 Å². The molecule has 3 rings (SSSR count). The summed E-state index contributed by atoms with van der Waals surface area (Å²) in [5.74, 6) is -0.311. The molecule has 2 amide bonds. The number of aromatic nitrogens is 1. The van der Waals surface area contributed by atoms with Gasteiger partial charge in [0.1, 0.15) is 0 Å². The van der Waals surface area contributed by atoms with Gasteiger partial charge in [0.25, 0.3) is 5.91 Å². The van der Waals surface area contributed by atoms with Crippen LogP contribution in [0.1, 0.15) is 34.8 Å². The van der Waals surface area contributed by atoms with E-state index in [0.29, 0.717) is 20.9 Å².